The van der Waals surface area contributed by atoms with Crippen LogP contribution in [0.3, 0.4) is 0 Å². The standard InChI is InChI=1S/C55H64F2N10O11/c56-37-28-35(29-38(57)31-37)27-34-1-5-44-43(30-34)51(64-63-44)62-52(70)41-4-6-45(50(58)49(41)36-9-17-74-18-10-36)66-15-13-65(14-16-66)33-48(69)60-12-20-76-22-24-78-26-25-77-23-21-75-19-11-59-39-2-3-40-42(32-39)55(73)67(54(40)72)46-7-8-47(68)61-53(46)71/h1-6,28-32,36,46,59H,7-27,33,58H2,(H,60,69)(H,61,68,71)(H2,62,63,64,70). The van der Waals surface area contributed by atoms with E-state index in [9.17, 15) is 37.5 Å². The number of ether oxygens (including phenoxy) is 5. The van der Waals surface area contributed by atoms with E-state index < -0.39 is 41.3 Å². The second-order valence-corrected chi connectivity index (χ2v) is 19.4. The van der Waals surface area contributed by atoms with E-state index in [-0.39, 0.29) is 54.7 Å². The minimum Gasteiger partial charge on any atom is -0.397 e. The van der Waals surface area contributed by atoms with Gasteiger partial charge in [-0.15, -0.1) is 0 Å². The molecule has 0 spiro atoms. The monoisotopic (exact) mass is 1080 g/mol. The zero-order chi connectivity index (χ0) is 54.5. The molecule has 3 fully saturated rings. The fourth-order valence-corrected chi connectivity index (χ4v) is 10.2. The van der Waals surface area contributed by atoms with Gasteiger partial charge in [0, 0.05) is 81.6 Å². The number of H-pyrrole nitrogens is 1. The number of piperazine rings is 1. The summed E-state index contributed by atoms with van der Waals surface area (Å²) >= 11 is 0. The summed E-state index contributed by atoms with van der Waals surface area (Å²) in [6.45, 7) is 7.60. The number of piperidine rings is 1. The molecule has 5 aromatic rings. The van der Waals surface area contributed by atoms with Gasteiger partial charge >= 0.3 is 0 Å². The van der Waals surface area contributed by atoms with E-state index in [1.54, 1.807) is 18.2 Å². The van der Waals surface area contributed by atoms with E-state index in [4.69, 9.17) is 29.4 Å². The van der Waals surface area contributed by atoms with Crippen LogP contribution < -0.4 is 31.9 Å². The van der Waals surface area contributed by atoms with Crippen LogP contribution in [0, 0.1) is 11.6 Å². The molecule has 414 valence electrons. The number of carbonyl (C=O) groups is 6. The normalized spacial score (nSPS) is 17.2. The number of amides is 6. The average Bonchev–Trinajstić information content (AvgIpc) is 4.02. The Labute approximate surface area is 448 Å². The van der Waals surface area contributed by atoms with Crippen molar-refractivity contribution in [3.8, 4) is 0 Å². The first-order valence-corrected chi connectivity index (χ1v) is 26.3. The third kappa shape index (κ3) is 13.8. The third-order valence-electron chi connectivity index (χ3n) is 14.1. The molecule has 0 saturated carbocycles. The number of nitrogen functional groups attached to an aromatic ring is 1. The number of nitrogens with zero attached hydrogens (tertiary/aromatic N) is 4. The molecule has 78 heavy (non-hydrogen) atoms. The van der Waals surface area contributed by atoms with Gasteiger partial charge in [-0.3, -0.25) is 49.0 Å². The Bertz CT molecular complexity index is 2980. The first-order chi connectivity index (χ1) is 37.9. The van der Waals surface area contributed by atoms with Crippen molar-refractivity contribution in [3.63, 3.8) is 0 Å². The zero-order valence-corrected chi connectivity index (χ0v) is 43.2. The van der Waals surface area contributed by atoms with Crippen LogP contribution in [0.25, 0.3) is 10.9 Å². The van der Waals surface area contributed by atoms with Crippen LogP contribution >= 0.6 is 0 Å². The highest BCUT2D eigenvalue weighted by Gasteiger charge is 2.44. The smallest absolute Gasteiger partial charge is 0.262 e. The van der Waals surface area contributed by atoms with Gasteiger partial charge in [-0.25, -0.2) is 8.78 Å². The molecule has 21 nitrogen and oxygen atoms in total. The van der Waals surface area contributed by atoms with Gasteiger partial charge in [0.15, 0.2) is 5.82 Å². The molecule has 0 radical (unpaired) electrons. The molecule has 1 atom stereocenters. The van der Waals surface area contributed by atoms with Crippen molar-refractivity contribution in [1.29, 1.82) is 0 Å². The lowest BCUT2D eigenvalue weighted by atomic mass is 9.86. The number of nitrogens with two attached hydrogens (primary N) is 1. The van der Waals surface area contributed by atoms with Gasteiger partial charge in [-0.05, 0) is 103 Å². The van der Waals surface area contributed by atoms with Gasteiger partial charge in [-0.1, -0.05) is 6.07 Å². The van der Waals surface area contributed by atoms with Gasteiger partial charge in [0.1, 0.15) is 17.7 Å². The van der Waals surface area contributed by atoms with Gasteiger partial charge in [-0.2, -0.15) is 5.10 Å². The van der Waals surface area contributed by atoms with Gasteiger partial charge in [0.25, 0.3) is 17.7 Å². The topological polar surface area (TPSA) is 261 Å². The number of hydrogen-bond acceptors (Lipinski definition) is 16. The van der Waals surface area contributed by atoms with Crippen LogP contribution in [-0.4, -0.2) is 173 Å². The summed E-state index contributed by atoms with van der Waals surface area (Å²) in [5.74, 6) is -3.63. The molecule has 9 rings (SSSR count). The average molecular weight is 1080 g/mol. The fourth-order valence-electron chi connectivity index (χ4n) is 10.2. The number of carbonyl (C=O) groups excluding carboxylic acids is 6. The van der Waals surface area contributed by atoms with E-state index in [0.717, 1.165) is 27.8 Å². The maximum Gasteiger partial charge on any atom is 0.262 e. The Morgan fingerprint density at radius 3 is 2.13 bits per heavy atom. The number of aromatic amines is 1. The van der Waals surface area contributed by atoms with Crippen LogP contribution in [0.5, 0.6) is 0 Å². The minimum absolute atomic E-state index is 0.000165. The molecule has 1 unspecified atom stereocenters. The Kier molecular flexibility index (Phi) is 18.7. The quantitative estimate of drug-likeness (QED) is 0.0274. The third-order valence-corrected chi connectivity index (χ3v) is 14.1. The maximum atomic E-state index is 14.1. The van der Waals surface area contributed by atoms with Crippen molar-refractivity contribution in [3.05, 3.63) is 112 Å². The SMILES string of the molecule is Nc1c(N2CCN(CC(=O)NCCOCCOCCOCCOCCNc3ccc4c(c3)C(=O)N(C3CCC(=O)NC3=O)C4=O)CC2)ccc(C(=O)Nc2n[nH]c3ccc(Cc4cc(F)cc(F)c4)cc23)c1C1CCOCC1. The lowest BCUT2D eigenvalue weighted by molar-refractivity contribution is -0.136. The molecule has 0 aliphatic carbocycles. The number of anilines is 4. The first-order valence-electron chi connectivity index (χ1n) is 26.3. The predicted octanol–water partition coefficient (Wildman–Crippen LogP) is 3.98. The zero-order valence-electron chi connectivity index (χ0n) is 43.2. The largest absolute Gasteiger partial charge is 0.397 e. The van der Waals surface area contributed by atoms with Gasteiger partial charge < -0.3 is 50.3 Å². The molecule has 4 aliphatic rings. The number of halogens is 2. The Balaban J connectivity index is 0.623. The summed E-state index contributed by atoms with van der Waals surface area (Å²) in [4.78, 5) is 82.0. The maximum absolute atomic E-state index is 14.1. The summed E-state index contributed by atoms with van der Waals surface area (Å²) in [6.07, 6.45) is 1.85. The van der Waals surface area contributed by atoms with E-state index in [1.807, 2.05) is 30.3 Å². The Morgan fingerprint density at radius 2 is 1.42 bits per heavy atom. The van der Waals surface area contributed by atoms with Crippen LogP contribution in [0.1, 0.15) is 79.4 Å². The number of imide groups is 2. The number of hydrogen-bond donors (Lipinski definition) is 6. The molecule has 5 heterocycles. The van der Waals surface area contributed by atoms with Crippen LogP contribution in [0.2, 0.25) is 0 Å². The minimum atomic E-state index is -1.02. The number of nitrogens with one attached hydrogen (secondary N) is 5. The van der Waals surface area contributed by atoms with Crippen molar-refractivity contribution in [2.24, 2.45) is 0 Å². The molecular formula is C55H64F2N10O11. The second-order valence-electron chi connectivity index (χ2n) is 19.4. The molecule has 6 amide bonds. The molecule has 0 bridgehead atoms. The highest BCUT2D eigenvalue weighted by atomic mass is 19.1. The molecule has 3 saturated heterocycles. The summed E-state index contributed by atoms with van der Waals surface area (Å²) < 4.78 is 55.9. The number of rotatable bonds is 25. The van der Waals surface area contributed by atoms with Crippen molar-refractivity contribution in [1.82, 2.24) is 30.6 Å². The fraction of sp³-hybridized carbons (Fsp3) is 0.436. The Hall–Kier alpha value is -7.41. The lowest BCUT2D eigenvalue weighted by Crippen LogP contribution is -2.54. The summed E-state index contributed by atoms with van der Waals surface area (Å²) in [7, 11) is 0. The molecule has 23 heteroatoms. The van der Waals surface area contributed by atoms with Crippen molar-refractivity contribution >= 4 is 69.2 Å². The van der Waals surface area contributed by atoms with Gasteiger partial charge in [0.2, 0.25) is 17.7 Å². The molecule has 4 aliphatic heterocycles. The molecule has 7 N–H and O–H groups in total. The van der Waals surface area contributed by atoms with Crippen LogP contribution in [0.15, 0.2) is 66.7 Å². The molecule has 1 aromatic heterocycles. The first kappa shape index (κ1) is 55.3. The second kappa shape index (κ2) is 26.3. The highest BCUT2D eigenvalue weighted by molar-refractivity contribution is 6.23. The van der Waals surface area contributed by atoms with Crippen LogP contribution in [-0.2, 0) is 44.5 Å². The number of benzene rings is 4. The van der Waals surface area contributed by atoms with Gasteiger partial charge in [0.05, 0.1) is 87.4 Å². The summed E-state index contributed by atoms with van der Waals surface area (Å²) in [6, 6.07) is 16.4. The van der Waals surface area contributed by atoms with E-state index in [2.05, 4.69) is 41.3 Å². The number of fused-ring (bicyclic) bond motifs is 2. The molecular weight excluding hydrogens is 1010 g/mol. The van der Waals surface area contributed by atoms with Crippen molar-refractivity contribution < 1.29 is 61.2 Å². The number of aromatic nitrogens is 2. The van der Waals surface area contributed by atoms with Crippen molar-refractivity contribution in [2.75, 3.05) is 133 Å². The lowest BCUT2D eigenvalue weighted by Gasteiger charge is -2.37. The predicted molar refractivity (Wildman–Crippen MR) is 283 cm³/mol. The summed E-state index contributed by atoms with van der Waals surface area (Å²) in [5.41, 5.74) is 12.6. The van der Waals surface area contributed by atoms with Crippen molar-refractivity contribution in [2.45, 2.75) is 44.1 Å². The molecule has 4 aromatic carbocycles. The van der Waals surface area contributed by atoms with E-state index in [0.29, 0.717) is 157 Å². The van der Waals surface area contributed by atoms with E-state index in [1.165, 1.54) is 12.1 Å². The van der Waals surface area contributed by atoms with Crippen LogP contribution in [0.4, 0.5) is 31.7 Å². The van der Waals surface area contributed by atoms with E-state index >= 15 is 0 Å². The Morgan fingerprint density at radius 1 is 0.744 bits per heavy atom. The summed E-state index contributed by atoms with van der Waals surface area (Å²) in [5, 5.41) is 19.3. The highest BCUT2D eigenvalue weighted by Crippen LogP contribution is 2.40.